The van der Waals surface area contributed by atoms with E-state index >= 15 is 0 Å². The van der Waals surface area contributed by atoms with Gasteiger partial charge in [-0.1, -0.05) is 60.7 Å². The fourth-order valence-corrected chi connectivity index (χ4v) is 9.91. The predicted octanol–water partition coefficient (Wildman–Crippen LogP) is 4.69. The summed E-state index contributed by atoms with van der Waals surface area (Å²) < 4.78 is 0. The van der Waals surface area contributed by atoms with Gasteiger partial charge >= 0.3 is 0 Å². The van der Waals surface area contributed by atoms with Gasteiger partial charge < -0.3 is 4.90 Å². The molecule has 34 heavy (non-hydrogen) atoms. The molecule has 1 atom stereocenters. The number of nitro groups is 1. The SMILES string of the molecule is O=C1[C@H]([P+](c2ccccc2)(c2ccccc2)c2ccccc2)CCN1c1cccc([N+](=O)[O-])c1. The maximum Gasteiger partial charge on any atom is 0.271 e. The van der Waals surface area contributed by atoms with Gasteiger partial charge in [0.2, 0.25) is 0 Å². The maximum absolute atomic E-state index is 14.1. The minimum atomic E-state index is -2.37. The molecule has 1 fully saturated rings. The number of anilines is 1. The molecule has 0 bridgehead atoms. The van der Waals surface area contributed by atoms with Crippen LogP contribution < -0.4 is 20.8 Å². The number of carbonyl (C=O) groups is 1. The van der Waals surface area contributed by atoms with Crippen molar-refractivity contribution >= 4 is 40.5 Å². The lowest BCUT2D eigenvalue weighted by Gasteiger charge is -2.32. The van der Waals surface area contributed by atoms with Crippen LogP contribution in [0, 0.1) is 10.1 Å². The van der Waals surface area contributed by atoms with Crippen LogP contribution in [0.4, 0.5) is 11.4 Å². The molecule has 4 aromatic carbocycles. The molecule has 168 valence electrons. The van der Waals surface area contributed by atoms with E-state index in [1.165, 1.54) is 12.1 Å². The second-order valence-corrected chi connectivity index (χ2v) is 11.9. The van der Waals surface area contributed by atoms with Crippen molar-refractivity contribution in [1.29, 1.82) is 0 Å². The molecule has 1 saturated heterocycles. The third-order valence-electron chi connectivity index (χ3n) is 6.49. The van der Waals surface area contributed by atoms with Crippen molar-refractivity contribution in [3.63, 3.8) is 0 Å². The third kappa shape index (κ3) is 3.68. The third-order valence-corrected chi connectivity index (χ3v) is 11.2. The van der Waals surface area contributed by atoms with Gasteiger partial charge in [-0.05, 0) is 42.5 Å². The van der Waals surface area contributed by atoms with Gasteiger partial charge in [-0.15, -0.1) is 0 Å². The number of benzene rings is 4. The van der Waals surface area contributed by atoms with Gasteiger partial charge in [0.1, 0.15) is 23.2 Å². The minimum Gasteiger partial charge on any atom is -0.309 e. The molecule has 1 aliphatic heterocycles. The molecule has 0 spiro atoms. The monoisotopic (exact) mass is 467 g/mol. The highest BCUT2D eigenvalue weighted by atomic mass is 31.2. The first-order valence-corrected chi connectivity index (χ1v) is 13.1. The van der Waals surface area contributed by atoms with E-state index in [2.05, 4.69) is 36.4 Å². The summed E-state index contributed by atoms with van der Waals surface area (Å²) in [5.41, 5.74) is 0.303. The smallest absolute Gasteiger partial charge is 0.271 e. The van der Waals surface area contributed by atoms with Crippen LogP contribution in [-0.2, 0) is 4.79 Å². The normalized spacial score (nSPS) is 15.9. The fraction of sp³-hybridized carbons (Fsp3) is 0.107. The molecule has 0 unspecified atom stereocenters. The highest BCUT2D eigenvalue weighted by Gasteiger charge is 2.58. The Bertz CT molecular complexity index is 1220. The lowest BCUT2D eigenvalue weighted by molar-refractivity contribution is -0.384. The van der Waals surface area contributed by atoms with Crippen LogP contribution in [0.15, 0.2) is 115 Å². The van der Waals surface area contributed by atoms with Crippen LogP contribution in [0.3, 0.4) is 0 Å². The van der Waals surface area contributed by atoms with Crippen molar-refractivity contribution in [2.45, 2.75) is 12.1 Å². The molecule has 0 radical (unpaired) electrons. The first-order chi connectivity index (χ1) is 16.6. The number of hydrogen-bond donors (Lipinski definition) is 0. The Balaban J connectivity index is 1.70. The summed E-state index contributed by atoms with van der Waals surface area (Å²) in [6.07, 6.45) is 0.675. The van der Waals surface area contributed by atoms with Crippen molar-refractivity contribution in [1.82, 2.24) is 0 Å². The van der Waals surface area contributed by atoms with Gasteiger partial charge in [-0.25, -0.2) is 0 Å². The van der Waals surface area contributed by atoms with Crippen molar-refractivity contribution in [2.24, 2.45) is 0 Å². The van der Waals surface area contributed by atoms with E-state index in [0.717, 1.165) is 15.9 Å². The number of nitrogens with zero attached hydrogens (tertiary/aromatic N) is 2. The Morgan fingerprint density at radius 2 is 1.24 bits per heavy atom. The van der Waals surface area contributed by atoms with Gasteiger partial charge in [0.25, 0.3) is 11.6 Å². The van der Waals surface area contributed by atoms with E-state index < -0.39 is 12.2 Å². The van der Waals surface area contributed by atoms with Crippen molar-refractivity contribution in [3.05, 3.63) is 125 Å². The molecular formula is C28H24N2O3P+. The summed E-state index contributed by atoms with van der Waals surface area (Å²) in [5.74, 6) is 0.0189. The first-order valence-electron chi connectivity index (χ1n) is 11.2. The summed E-state index contributed by atoms with van der Waals surface area (Å²) in [5, 5.41) is 14.8. The standard InChI is InChI=1S/C28H24N2O3P/c31-28-27(19-20-29(28)22-11-10-12-23(21-22)30(32)33)34(24-13-4-1-5-14-24,25-15-6-2-7-16-25)26-17-8-3-9-18-26/h1-18,21,27H,19-20H2/q+1/t27-/m1/s1. The van der Waals surface area contributed by atoms with Gasteiger partial charge in [0.15, 0.2) is 5.66 Å². The summed E-state index contributed by atoms with van der Waals surface area (Å²) >= 11 is 0. The van der Waals surface area contributed by atoms with Crippen LogP contribution in [0.25, 0.3) is 0 Å². The number of non-ortho nitro benzene ring substituents is 1. The van der Waals surface area contributed by atoms with Crippen LogP contribution in [-0.4, -0.2) is 23.0 Å². The molecular weight excluding hydrogens is 443 g/mol. The van der Waals surface area contributed by atoms with Crippen molar-refractivity contribution in [2.75, 3.05) is 11.4 Å². The van der Waals surface area contributed by atoms with E-state index in [0.29, 0.717) is 18.7 Å². The molecule has 1 amide bonds. The largest absolute Gasteiger partial charge is 0.309 e. The zero-order chi connectivity index (χ0) is 23.5. The maximum atomic E-state index is 14.1. The molecule has 4 aromatic rings. The summed E-state index contributed by atoms with van der Waals surface area (Å²) in [4.78, 5) is 26.8. The summed E-state index contributed by atoms with van der Waals surface area (Å²) in [7, 11) is -2.37. The molecule has 5 nitrogen and oxygen atoms in total. The quantitative estimate of drug-likeness (QED) is 0.235. The lowest BCUT2D eigenvalue weighted by atomic mass is 10.2. The topological polar surface area (TPSA) is 63.5 Å². The second kappa shape index (κ2) is 9.20. The zero-order valence-corrected chi connectivity index (χ0v) is 19.4. The average Bonchev–Trinajstić information content (AvgIpc) is 3.28. The van der Waals surface area contributed by atoms with Crippen LogP contribution in [0.1, 0.15) is 6.42 Å². The molecule has 0 saturated carbocycles. The van der Waals surface area contributed by atoms with E-state index in [1.807, 2.05) is 54.6 Å². The van der Waals surface area contributed by atoms with E-state index in [-0.39, 0.29) is 17.3 Å². The number of nitro benzene ring substituents is 1. The highest BCUT2D eigenvalue weighted by molar-refractivity contribution is 7.97. The number of amides is 1. The van der Waals surface area contributed by atoms with E-state index in [9.17, 15) is 14.9 Å². The van der Waals surface area contributed by atoms with Crippen molar-refractivity contribution in [3.8, 4) is 0 Å². The number of carbonyl (C=O) groups excluding carboxylic acids is 1. The van der Waals surface area contributed by atoms with Gasteiger partial charge in [-0.3, -0.25) is 14.9 Å². The highest BCUT2D eigenvalue weighted by Crippen LogP contribution is 2.62. The van der Waals surface area contributed by atoms with Crippen LogP contribution in [0.5, 0.6) is 0 Å². The zero-order valence-electron chi connectivity index (χ0n) is 18.5. The van der Waals surface area contributed by atoms with E-state index in [1.54, 1.807) is 17.0 Å². The molecule has 0 N–H and O–H groups in total. The molecule has 6 heteroatoms. The predicted molar refractivity (Wildman–Crippen MR) is 139 cm³/mol. The van der Waals surface area contributed by atoms with Gasteiger partial charge in [0, 0.05) is 25.1 Å². The van der Waals surface area contributed by atoms with Crippen LogP contribution in [0.2, 0.25) is 0 Å². The van der Waals surface area contributed by atoms with Crippen LogP contribution >= 0.6 is 7.26 Å². The first kappa shape index (κ1) is 22.0. The molecule has 1 heterocycles. The fourth-order valence-electron chi connectivity index (χ4n) is 5.03. The summed E-state index contributed by atoms with van der Waals surface area (Å²) in [6, 6.07) is 37.4. The minimum absolute atomic E-state index is 0.0102. The molecule has 0 aliphatic carbocycles. The number of hydrogen-bond acceptors (Lipinski definition) is 3. The van der Waals surface area contributed by atoms with Crippen molar-refractivity contribution < 1.29 is 9.72 Å². The Kier molecular flexibility index (Phi) is 5.95. The Morgan fingerprint density at radius 1 is 0.735 bits per heavy atom. The number of rotatable bonds is 6. The van der Waals surface area contributed by atoms with Gasteiger partial charge in [0.05, 0.1) is 10.6 Å². The average molecular weight is 467 g/mol. The molecule has 5 rings (SSSR count). The molecule has 1 aliphatic rings. The second-order valence-electron chi connectivity index (χ2n) is 8.30. The summed E-state index contributed by atoms with van der Waals surface area (Å²) in [6.45, 7) is 0.527. The Morgan fingerprint density at radius 3 is 1.71 bits per heavy atom. The lowest BCUT2D eigenvalue weighted by Crippen LogP contribution is -2.42. The molecule has 0 aromatic heterocycles. The Hall–Kier alpha value is -3.82. The van der Waals surface area contributed by atoms with E-state index in [4.69, 9.17) is 0 Å². The van der Waals surface area contributed by atoms with Gasteiger partial charge in [-0.2, -0.15) is 0 Å². The Labute approximate surface area is 199 Å².